The predicted molar refractivity (Wildman–Crippen MR) is 113 cm³/mol. The Morgan fingerprint density at radius 3 is 2.45 bits per heavy atom. The predicted octanol–water partition coefficient (Wildman–Crippen LogP) is 2.07. The molecule has 160 valence electrons. The molecule has 0 bridgehead atoms. The zero-order valence-electron chi connectivity index (χ0n) is 17.8. The lowest BCUT2D eigenvalue weighted by molar-refractivity contribution is -0.133. The number of anilines is 1. The van der Waals surface area contributed by atoms with Crippen LogP contribution in [-0.4, -0.2) is 84.7 Å². The second-order valence-corrected chi connectivity index (χ2v) is 8.52. The molecule has 0 aromatic carbocycles. The monoisotopic (exact) mass is 401 g/mol. The highest BCUT2D eigenvalue weighted by molar-refractivity contribution is 5.78. The summed E-state index contributed by atoms with van der Waals surface area (Å²) >= 11 is 0. The molecule has 0 saturated carbocycles. The fourth-order valence-electron chi connectivity index (χ4n) is 4.62. The maximum atomic E-state index is 12.7. The van der Waals surface area contributed by atoms with Crippen molar-refractivity contribution in [3.8, 4) is 0 Å². The van der Waals surface area contributed by atoms with E-state index in [1.165, 1.54) is 19.3 Å². The number of morpholine rings is 1. The van der Waals surface area contributed by atoms with Gasteiger partial charge in [-0.05, 0) is 45.2 Å². The van der Waals surface area contributed by atoms with Crippen LogP contribution in [0.15, 0.2) is 6.07 Å². The lowest BCUT2D eigenvalue weighted by Gasteiger charge is -2.34. The SMILES string of the molecule is CCc1cc(N2CCOCC2)nc(C2CCN(C(=O)CN3CCCCC3)CC2)n1. The van der Waals surface area contributed by atoms with Crippen LogP contribution in [0.1, 0.15) is 56.5 Å². The molecule has 0 unspecified atom stereocenters. The first-order valence-electron chi connectivity index (χ1n) is 11.4. The molecular formula is C22H35N5O2. The van der Waals surface area contributed by atoms with E-state index in [1.807, 2.05) is 0 Å². The average Bonchev–Trinajstić information content (AvgIpc) is 2.80. The van der Waals surface area contributed by atoms with Crippen molar-refractivity contribution in [1.29, 1.82) is 0 Å². The van der Waals surface area contributed by atoms with Crippen LogP contribution in [0, 0.1) is 0 Å². The Balaban J connectivity index is 1.36. The molecule has 1 amide bonds. The first-order chi connectivity index (χ1) is 14.2. The Morgan fingerprint density at radius 2 is 1.76 bits per heavy atom. The smallest absolute Gasteiger partial charge is 0.236 e. The largest absolute Gasteiger partial charge is 0.378 e. The molecule has 4 heterocycles. The van der Waals surface area contributed by atoms with Crippen LogP contribution < -0.4 is 4.90 Å². The molecule has 0 aliphatic carbocycles. The van der Waals surface area contributed by atoms with Gasteiger partial charge in [0.25, 0.3) is 0 Å². The van der Waals surface area contributed by atoms with Gasteiger partial charge in [-0.2, -0.15) is 0 Å². The summed E-state index contributed by atoms with van der Waals surface area (Å²) in [6.45, 7) is 9.84. The number of likely N-dealkylation sites (tertiary alicyclic amines) is 2. The number of aromatic nitrogens is 2. The third-order valence-electron chi connectivity index (χ3n) is 6.50. The van der Waals surface area contributed by atoms with Crippen LogP contribution in [0.4, 0.5) is 5.82 Å². The topological polar surface area (TPSA) is 61.8 Å². The van der Waals surface area contributed by atoms with Crippen molar-refractivity contribution in [2.45, 2.75) is 51.4 Å². The van der Waals surface area contributed by atoms with Crippen LogP contribution in [0.3, 0.4) is 0 Å². The Labute approximate surface area is 174 Å². The van der Waals surface area contributed by atoms with Crippen LogP contribution >= 0.6 is 0 Å². The molecule has 0 atom stereocenters. The standard InChI is InChI=1S/C22H35N5O2/c1-2-19-16-20(26-12-14-29-15-13-26)24-22(23-19)18-6-10-27(11-7-18)21(28)17-25-8-4-3-5-9-25/h16,18H,2-15,17H2,1H3. The molecule has 7 heteroatoms. The highest BCUT2D eigenvalue weighted by Gasteiger charge is 2.27. The zero-order valence-corrected chi connectivity index (χ0v) is 17.8. The third kappa shape index (κ3) is 5.25. The average molecular weight is 402 g/mol. The Kier molecular flexibility index (Phi) is 6.98. The minimum Gasteiger partial charge on any atom is -0.378 e. The highest BCUT2D eigenvalue weighted by Crippen LogP contribution is 2.28. The summed E-state index contributed by atoms with van der Waals surface area (Å²) in [6.07, 6.45) is 6.60. The summed E-state index contributed by atoms with van der Waals surface area (Å²) in [6, 6.07) is 2.13. The van der Waals surface area contributed by atoms with Gasteiger partial charge in [0.1, 0.15) is 11.6 Å². The van der Waals surface area contributed by atoms with Gasteiger partial charge in [0, 0.05) is 43.9 Å². The fraction of sp³-hybridized carbons (Fsp3) is 0.773. The molecule has 29 heavy (non-hydrogen) atoms. The molecule has 0 spiro atoms. The summed E-state index contributed by atoms with van der Waals surface area (Å²) in [5.41, 5.74) is 1.11. The van der Waals surface area contributed by atoms with Gasteiger partial charge in [-0.25, -0.2) is 9.97 Å². The number of hydrogen-bond acceptors (Lipinski definition) is 6. The van der Waals surface area contributed by atoms with E-state index in [2.05, 4.69) is 27.7 Å². The number of aryl methyl sites for hydroxylation is 1. The first kappa shape index (κ1) is 20.5. The maximum absolute atomic E-state index is 12.7. The van der Waals surface area contributed by atoms with E-state index in [0.717, 1.165) is 89.1 Å². The van der Waals surface area contributed by atoms with Crippen LogP contribution in [0.25, 0.3) is 0 Å². The van der Waals surface area contributed by atoms with E-state index in [9.17, 15) is 4.79 Å². The van der Waals surface area contributed by atoms with E-state index in [4.69, 9.17) is 14.7 Å². The van der Waals surface area contributed by atoms with E-state index < -0.39 is 0 Å². The summed E-state index contributed by atoms with van der Waals surface area (Å²) in [7, 11) is 0. The summed E-state index contributed by atoms with van der Waals surface area (Å²) in [4.78, 5) is 29.2. The minimum absolute atomic E-state index is 0.294. The molecule has 3 aliphatic heterocycles. The molecule has 3 aliphatic rings. The van der Waals surface area contributed by atoms with E-state index in [0.29, 0.717) is 18.4 Å². The summed E-state index contributed by atoms with van der Waals surface area (Å²) < 4.78 is 5.49. The number of rotatable bonds is 5. The van der Waals surface area contributed by atoms with Crippen molar-refractivity contribution in [2.24, 2.45) is 0 Å². The number of ether oxygens (including phenoxy) is 1. The van der Waals surface area contributed by atoms with Crippen LogP contribution in [-0.2, 0) is 16.0 Å². The number of amides is 1. The van der Waals surface area contributed by atoms with Crippen molar-refractivity contribution in [3.05, 3.63) is 17.6 Å². The van der Waals surface area contributed by atoms with Gasteiger partial charge >= 0.3 is 0 Å². The van der Waals surface area contributed by atoms with Crippen molar-refractivity contribution in [2.75, 3.05) is 63.9 Å². The Hall–Kier alpha value is -1.73. The third-order valence-corrected chi connectivity index (χ3v) is 6.50. The van der Waals surface area contributed by atoms with E-state index >= 15 is 0 Å². The number of carbonyl (C=O) groups excluding carboxylic acids is 1. The molecule has 1 aromatic rings. The first-order valence-corrected chi connectivity index (χ1v) is 11.4. The van der Waals surface area contributed by atoms with Gasteiger partial charge in [-0.15, -0.1) is 0 Å². The number of carbonyl (C=O) groups is 1. The van der Waals surface area contributed by atoms with Gasteiger partial charge in [0.15, 0.2) is 0 Å². The fourth-order valence-corrected chi connectivity index (χ4v) is 4.62. The van der Waals surface area contributed by atoms with Crippen molar-refractivity contribution in [1.82, 2.24) is 19.8 Å². The summed E-state index contributed by atoms with van der Waals surface area (Å²) in [5, 5.41) is 0. The lowest BCUT2D eigenvalue weighted by Crippen LogP contribution is -2.45. The Morgan fingerprint density at radius 1 is 1.03 bits per heavy atom. The van der Waals surface area contributed by atoms with Crippen molar-refractivity contribution >= 4 is 11.7 Å². The van der Waals surface area contributed by atoms with Crippen LogP contribution in [0.5, 0.6) is 0 Å². The number of piperidine rings is 2. The second-order valence-electron chi connectivity index (χ2n) is 8.52. The van der Waals surface area contributed by atoms with Gasteiger partial charge in [-0.3, -0.25) is 9.69 Å². The number of hydrogen-bond donors (Lipinski definition) is 0. The van der Waals surface area contributed by atoms with Crippen molar-refractivity contribution in [3.63, 3.8) is 0 Å². The van der Waals surface area contributed by atoms with E-state index in [-0.39, 0.29) is 0 Å². The molecular weight excluding hydrogens is 366 g/mol. The molecule has 0 radical (unpaired) electrons. The molecule has 0 N–H and O–H groups in total. The van der Waals surface area contributed by atoms with Gasteiger partial charge in [0.2, 0.25) is 5.91 Å². The van der Waals surface area contributed by atoms with Crippen LogP contribution in [0.2, 0.25) is 0 Å². The summed E-state index contributed by atoms with van der Waals surface area (Å²) in [5.74, 6) is 2.65. The van der Waals surface area contributed by atoms with E-state index in [1.54, 1.807) is 0 Å². The highest BCUT2D eigenvalue weighted by atomic mass is 16.5. The molecule has 4 rings (SSSR count). The molecule has 3 saturated heterocycles. The number of nitrogens with zero attached hydrogens (tertiary/aromatic N) is 5. The lowest BCUT2D eigenvalue weighted by atomic mass is 9.95. The van der Waals surface area contributed by atoms with Gasteiger partial charge in [-0.1, -0.05) is 13.3 Å². The molecule has 3 fully saturated rings. The quantitative estimate of drug-likeness (QED) is 0.753. The van der Waals surface area contributed by atoms with Gasteiger partial charge in [0.05, 0.1) is 19.8 Å². The normalized spacial score (nSPS) is 22.1. The molecule has 1 aromatic heterocycles. The second kappa shape index (κ2) is 9.85. The molecule has 7 nitrogen and oxygen atoms in total. The Bertz CT molecular complexity index is 678. The van der Waals surface area contributed by atoms with Crippen molar-refractivity contribution < 1.29 is 9.53 Å². The maximum Gasteiger partial charge on any atom is 0.236 e. The zero-order chi connectivity index (χ0) is 20.1. The van der Waals surface area contributed by atoms with Gasteiger partial charge < -0.3 is 14.5 Å². The minimum atomic E-state index is 0.294.